The Kier molecular flexibility index (Phi) is 3.55. The van der Waals surface area contributed by atoms with E-state index in [9.17, 15) is 4.79 Å². The number of para-hydroxylation sites is 2. The number of hydrogen-bond donors (Lipinski definition) is 2. The molecule has 0 radical (unpaired) electrons. The van der Waals surface area contributed by atoms with Crippen molar-refractivity contribution >= 4 is 28.2 Å². The average Bonchev–Trinajstić information content (AvgIpc) is 2.90. The Morgan fingerprint density at radius 3 is 2.73 bits per heavy atom. The smallest absolute Gasteiger partial charge is 0.276 e. The number of H-pyrrole nitrogens is 1. The van der Waals surface area contributed by atoms with Gasteiger partial charge in [0.25, 0.3) is 5.91 Å². The van der Waals surface area contributed by atoms with Gasteiger partial charge in [-0.25, -0.2) is 0 Å². The number of aryl methyl sites for hydroxylation is 1. The molecule has 0 fully saturated rings. The Morgan fingerprint density at radius 2 is 1.95 bits per heavy atom. The molecule has 112 valence electrons. The number of rotatable bonds is 3. The number of aromatic amines is 1. The number of fused-ring (bicyclic) bond motifs is 1. The van der Waals surface area contributed by atoms with Crippen LogP contribution in [0.1, 0.15) is 16.1 Å². The first-order chi connectivity index (χ1) is 10.6. The summed E-state index contributed by atoms with van der Waals surface area (Å²) in [6.45, 7) is 2.00. The molecular formula is C17H18N4O. The SMILES string of the molecule is Cc1ccc2[nH]nc(C(=O)Nc3ccccc3N(C)C)c2c1. The van der Waals surface area contributed by atoms with Gasteiger partial charge in [0, 0.05) is 19.5 Å². The van der Waals surface area contributed by atoms with Gasteiger partial charge < -0.3 is 10.2 Å². The lowest BCUT2D eigenvalue weighted by Gasteiger charge is -2.17. The van der Waals surface area contributed by atoms with Crippen molar-refractivity contribution in [2.45, 2.75) is 6.92 Å². The van der Waals surface area contributed by atoms with Gasteiger partial charge in [-0.15, -0.1) is 0 Å². The first-order valence-corrected chi connectivity index (χ1v) is 7.08. The van der Waals surface area contributed by atoms with Crippen molar-refractivity contribution in [2.24, 2.45) is 0 Å². The summed E-state index contributed by atoms with van der Waals surface area (Å²) in [5.41, 5.74) is 4.08. The normalized spacial score (nSPS) is 10.7. The van der Waals surface area contributed by atoms with E-state index in [4.69, 9.17) is 0 Å². The van der Waals surface area contributed by atoms with Crippen LogP contribution >= 0.6 is 0 Å². The third-order valence-electron chi connectivity index (χ3n) is 3.57. The largest absolute Gasteiger partial charge is 0.376 e. The van der Waals surface area contributed by atoms with Gasteiger partial charge in [-0.3, -0.25) is 9.89 Å². The van der Waals surface area contributed by atoms with E-state index in [1.54, 1.807) is 0 Å². The summed E-state index contributed by atoms with van der Waals surface area (Å²) < 4.78 is 0. The standard InChI is InChI=1S/C17H18N4O/c1-11-8-9-13-12(10-11)16(20-19-13)17(22)18-14-6-4-5-7-15(14)21(2)3/h4-10H,1-3H3,(H,18,22)(H,19,20). The molecule has 3 aromatic rings. The zero-order valence-corrected chi connectivity index (χ0v) is 12.8. The van der Waals surface area contributed by atoms with Crippen molar-refractivity contribution in [3.63, 3.8) is 0 Å². The minimum absolute atomic E-state index is 0.217. The molecular weight excluding hydrogens is 276 g/mol. The van der Waals surface area contributed by atoms with Crippen LogP contribution in [0.5, 0.6) is 0 Å². The summed E-state index contributed by atoms with van der Waals surface area (Å²) in [6.07, 6.45) is 0. The molecule has 3 rings (SSSR count). The summed E-state index contributed by atoms with van der Waals surface area (Å²) >= 11 is 0. The van der Waals surface area contributed by atoms with E-state index in [1.807, 2.05) is 68.4 Å². The van der Waals surface area contributed by atoms with Gasteiger partial charge in [0.1, 0.15) is 0 Å². The van der Waals surface area contributed by atoms with E-state index in [0.29, 0.717) is 5.69 Å². The first-order valence-electron chi connectivity index (χ1n) is 7.08. The fourth-order valence-corrected chi connectivity index (χ4v) is 2.45. The van der Waals surface area contributed by atoms with Crippen molar-refractivity contribution in [2.75, 3.05) is 24.3 Å². The number of anilines is 2. The van der Waals surface area contributed by atoms with Gasteiger partial charge >= 0.3 is 0 Å². The number of carbonyl (C=O) groups is 1. The minimum Gasteiger partial charge on any atom is -0.376 e. The molecule has 0 saturated carbocycles. The van der Waals surface area contributed by atoms with E-state index in [-0.39, 0.29) is 5.91 Å². The van der Waals surface area contributed by atoms with E-state index >= 15 is 0 Å². The fourth-order valence-electron chi connectivity index (χ4n) is 2.45. The van der Waals surface area contributed by atoms with Gasteiger partial charge in [0.15, 0.2) is 5.69 Å². The maximum atomic E-state index is 12.6. The summed E-state index contributed by atoms with van der Waals surface area (Å²) in [7, 11) is 3.89. The molecule has 0 aliphatic rings. The average molecular weight is 294 g/mol. The molecule has 0 aliphatic carbocycles. The molecule has 0 saturated heterocycles. The van der Waals surface area contributed by atoms with Crippen LogP contribution in [0.3, 0.4) is 0 Å². The molecule has 0 unspecified atom stereocenters. The van der Waals surface area contributed by atoms with E-state index in [2.05, 4.69) is 15.5 Å². The van der Waals surface area contributed by atoms with Crippen LogP contribution in [0.25, 0.3) is 10.9 Å². The maximum absolute atomic E-state index is 12.6. The maximum Gasteiger partial charge on any atom is 0.276 e. The van der Waals surface area contributed by atoms with Crippen LogP contribution in [0.4, 0.5) is 11.4 Å². The third kappa shape index (κ3) is 2.53. The Morgan fingerprint density at radius 1 is 1.18 bits per heavy atom. The third-order valence-corrected chi connectivity index (χ3v) is 3.57. The second kappa shape index (κ2) is 5.52. The predicted octanol–water partition coefficient (Wildman–Crippen LogP) is 3.19. The fraction of sp³-hybridized carbons (Fsp3) is 0.176. The van der Waals surface area contributed by atoms with E-state index in [1.165, 1.54) is 0 Å². The van der Waals surface area contributed by atoms with Crippen molar-refractivity contribution in [3.8, 4) is 0 Å². The molecule has 2 N–H and O–H groups in total. The molecule has 1 heterocycles. The Hall–Kier alpha value is -2.82. The molecule has 1 aromatic heterocycles. The number of benzene rings is 2. The van der Waals surface area contributed by atoms with Crippen LogP contribution in [-0.2, 0) is 0 Å². The molecule has 5 heteroatoms. The zero-order valence-electron chi connectivity index (χ0n) is 12.8. The predicted molar refractivity (Wildman–Crippen MR) is 89.6 cm³/mol. The number of amides is 1. The highest BCUT2D eigenvalue weighted by Crippen LogP contribution is 2.25. The van der Waals surface area contributed by atoms with Gasteiger partial charge in [-0.1, -0.05) is 23.8 Å². The van der Waals surface area contributed by atoms with Crippen molar-refractivity contribution in [1.29, 1.82) is 0 Å². The summed E-state index contributed by atoms with van der Waals surface area (Å²) in [4.78, 5) is 14.5. The highest BCUT2D eigenvalue weighted by atomic mass is 16.1. The number of aromatic nitrogens is 2. The monoisotopic (exact) mass is 294 g/mol. The number of carbonyl (C=O) groups excluding carboxylic acids is 1. The van der Waals surface area contributed by atoms with Crippen LogP contribution < -0.4 is 10.2 Å². The molecule has 2 aromatic carbocycles. The second-order valence-electron chi connectivity index (χ2n) is 5.49. The molecule has 5 nitrogen and oxygen atoms in total. The Labute approximate surface area is 128 Å². The molecule has 1 amide bonds. The quantitative estimate of drug-likeness (QED) is 0.780. The topological polar surface area (TPSA) is 61.0 Å². The van der Waals surface area contributed by atoms with E-state index in [0.717, 1.165) is 27.8 Å². The van der Waals surface area contributed by atoms with Crippen molar-refractivity contribution < 1.29 is 4.79 Å². The second-order valence-corrected chi connectivity index (χ2v) is 5.49. The molecule has 22 heavy (non-hydrogen) atoms. The zero-order chi connectivity index (χ0) is 15.7. The lowest BCUT2D eigenvalue weighted by Crippen LogP contribution is -2.17. The Balaban J connectivity index is 1.96. The van der Waals surface area contributed by atoms with Gasteiger partial charge in [0.2, 0.25) is 0 Å². The number of hydrogen-bond acceptors (Lipinski definition) is 3. The van der Waals surface area contributed by atoms with E-state index < -0.39 is 0 Å². The highest BCUT2D eigenvalue weighted by Gasteiger charge is 2.16. The van der Waals surface area contributed by atoms with Gasteiger partial charge in [-0.2, -0.15) is 5.10 Å². The molecule has 0 atom stereocenters. The summed E-state index contributed by atoms with van der Waals surface area (Å²) in [6, 6.07) is 13.6. The number of nitrogens with zero attached hydrogens (tertiary/aromatic N) is 2. The lowest BCUT2D eigenvalue weighted by atomic mass is 10.1. The summed E-state index contributed by atoms with van der Waals surface area (Å²) in [5, 5.41) is 10.8. The molecule has 0 bridgehead atoms. The highest BCUT2D eigenvalue weighted by molar-refractivity contribution is 6.12. The summed E-state index contributed by atoms with van der Waals surface area (Å²) in [5.74, 6) is -0.217. The van der Waals surface area contributed by atoms with Crippen LogP contribution in [0.15, 0.2) is 42.5 Å². The molecule has 0 spiro atoms. The minimum atomic E-state index is -0.217. The van der Waals surface area contributed by atoms with Crippen LogP contribution in [-0.4, -0.2) is 30.2 Å². The molecule has 0 aliphatic heterocycles. The first kappa shape index (κ1) is 14.1. The van der Waals surface area contributed by atoms with Gasteiger partial charge in [0.05, 0.1) is 16.9 Å². The Bertz CT molecular complexity index is 836. The van der Waals surface area contributed by atoms with Crippen molar-refractivity contribution in [3.05, 3.63) is 53.7 Å². The van der Waals surface area contributed by atoms with Crippen LogP contribution in [0.2, 0.25) is 0 Å². The van der Waals surface area contributed by atoms with Crippen LogP contribution in [0, 0.1) is 6.92 Å². The van der Waals surface area contributed by atoms with Gasteiger partial charge in [-0.05, 0) is 31.2 Å². The number of nitrogens with one attached hydrogen (secondary N) is 2. The van der Waals surface area contributed by atoms with Crippen molar-refractivity contribution in [1.82, 2.24) is 10.2 Å². The lowest BCUT2D eigenvalue weighted by molar-refractivity contribution is 0.102.